The van der Waals surface area contributed by atoms with Gasteiger partial charge < -0.3 is 4.90 Å². The Bertz CT molecular complexity index is 319. The van der Waals surface area contributed by atoms with Crippen LogP contribution < -0.4 is 0 Å². The molecule has 0 N–H and O–H groups in total. The van der Waals surface area contributed by atoms with Gasteiger partial charge in [0.1, 0.15) is 7.85 Å². The number of amides is 1. The van der Waals surface area contributed by atoms with E-state index in [0.29, 0.717) is 27.2 Å². The molecule has 2 nitrogen and oxygen atoms in total. The molecule has 2 fully saturated rings. The van der Waals surface area contributed by atoms with Crippen molar-refractivity contribution in [3.63, 3.8) is 0 Å². The summed E-state index contributed by atoms with van der Waals surface area (Å²) in [6, 6.07) is 0.905. The molecule has 1 saturated heterocycles. The molecule has 1 aliphatic heterocycles. The smallest absolute Gasteiger partial charge is 0.223 e. The highest BCUT2D eigenvalue weighted by molar-refractivity contribution is 14.1. The van der Waals surface area contributed by atoms with E-state index in [2.05, 4.69) is 49.2 Å². The van der Waals surface area contributed by atoms with Crippen LogP contribution in [0.15, 0.2) is 0 Å². The monoisotopic (exact) mass is 361 g/mol. The third-order valence-corrected chi connectivity index (χ3v) is 5.75. The van der Waals surface area contributed by atoms with Crippen LogP contribution in [0.2, 0.25) is 0 Å². The molecular weight excluding hydrogens is 336 g/mol. The van der Waals surface area contributed by atoms with Crippen LogP contribution in [0.1, 0.15) is 58.8 Å². The first-order valence-electron chi connectivity index (χ1n) is 7.41. The molecule has 2 aliphatic rings. The van der Waals surface area contributed by atoms with E-state index >= 15 is 0 Å². The highest BCUT2D eigenvalue weighted by Crippen LogP contribution is 2.39. The van der Waals surface area contributed by atoms with Crippen LogP contribution in [-0.4, -0.2) is 34.1 Å². The van der Waals surface area contributed by atoms with Crippen molar-refractivity contribution in [2.45, 2.75) is 74.2 Å². The minimum atomic E-state index is 0.374. The van der Waals surface area contributed by atoms with Crippen molar-refractivity contribution in [1.82, 2.24) is 4.90 Å². The maximum Gasteiger partial charge on any atom is 0.223 e. The zero-order valence-electron chi connectivity index (χ0n) is 11.9. The Hall–Kier alpha value is 0.265. The van der Waals surface area contributed by atoms with Crippen LogP contribution in [0.5, 0.6) is 0 Å². The fourth-order valence-electron chi connectivity index (χ4n) is 3.68. The number of carbonyl (C=O) groups excluding carboxylic acids is 1. The lowest BCUT2D eigenvalue weighted by Crippen LogP contribution is -2.40. The average molecular weight is 361 g/mol. The maximum absolute atomic E-state index is 12.2. The number of hydrogen-bond acceptors (Lipinski definition) is 1. The number of hydrogen-bond donors (Lipinski definition) is 0. The van der Waals surface area contributed by atoms with E-state index in [9.17, 15) is 4.79 Å². The SMILES string of the molecule is BC1(I)CCCCC2C(CC1)CC(=O)N2C(C)C. The molecule has 0 bridgehead atoms. The number of nitrogens with zero attached hydrogens (tertiary/aromatic N) is 1. The summed E-state index contributed by atoms with van der Waals surface area (Å²) in [6.07, 6.45) is 8.48. The molecular formula is C14H25BINO. The normalized spacial score (nSPS) is 38.2. The standard InChI is InChI=1S/C14H25BINO/c1-10(2)17-12-5-3-4-7-14(15,16)8-6-11(12)9-13(17)18/h10-12H,3-9,15H2,1-2H3. The number of alkyl halides is 1. The van der Waals surface area contributed by atoms with Crippen molar-refractivity contribution < 1.29 is 4.79 Å². The van der Waals surface area contributed by atoms with E-state index in [1.165, 1.54) is 38.5 Å². The van der Waals surface area contributed by atoms with Crippen LogP contribution in [0.3, 0.4) is 0 Å². The molecule has 3 unspecified atom stereocenters. The molecule has 1 heterocycles. The van der Waals surface area contributed by atoms with Crippen molar-refractivity contribution in [2.24, 2.45) is 5.92 Å². The predicted molar refractivity (Wildman–Crippen MR) is 86.9 cm³/mol. The lowest BCUT2D eigenvalue weighted by atomic mass is 9.78. The first-order chi connectivity index (χ1) is 8.41. The molecule has 2 rings (SSSR count). The molecule has 1 amide bonds. The number of carbonyl (C=O) groups is 1. The summed E-state index contributed by atoms with van der Waals surface area (Å²) in [5.74, 6) is 1.02. The van der Waals surface area contributed by atoms with Gasteiger partial charge in [-0.25, -0.2) is 0 Å². The first-order valence-corrected chi connectivity index (χ1v) is 8.49. The van der Waals surface area contributed by atoms with Gasteiger partial charge in [0.15, 0.2) is 0 Å². The Kier molecular flexibility index (Phi) is 4.66. The molecule has 18 heavy (non-hydrogen) atoms. The van der Waals surface area contributed by atoms with Crippen LogP contribution in [0.4, 0.5) is 0 Å². The lowest BCUT2D eigenvalue weighted by Gasteiger charge is -2.31. The second-order valence-electron chi connectivity index (χ2n) is 6.62. The average Bonchev–Trinajstić information content (AvgIpc) is 2.59. The summed E-state index contributed by atoms with van der Waals surface area (Å²) >= 11 is 2.63. The first kappa shape index (κ1) is 14.7. The van der Waals surface area contributed by atoms with Crippen molar-refractivity contribution in [3.05, 3.63) is 0 Å². The van der Waals surface area contributed by atoms with Crippen LogP contribution in [0, 0.1) is 5.92 Å². The zero-order valence-corrected chi connectivity index (χ0v) is 14.1. The van der Waals surface area contributed by atoms with Crippen LogP contribution in [-0.2, 0) is 4.79 Å². The minimum absolute atomic E-state index is 0.374. The Labute approximate surface area is 126 Å². The molecule has 0 radical (unpaired) electrons. The summed E-state index contributed by atoms with van der Waals surface area (Å²) in [5.41, 5.74) is 0. The van der Waals surface area contributed by atoms with Gasteiger partial charge >= 0.3 is 0 Å². The molecule has 3 atom stereocenters. The second kappa shape index (κ2) is 5.72. The van der Waals surface area contributed by atoms with Gasteiger partial charge in [-0.15, -0.1) is 0 Å². The molecule has 0 aromatic carbocycles. The Morgan fingerprint density at radius 1 is 1.33 bits per heavy atom. The Morgan fingerprint density at radius 2 is 2.06 bits per heavy atom. The van der Waals surface area contributed by atoms with Gasteiger partial charge in [0.25, 0.3) is 0 Å². The summed E-state index contributed by atoms with van der Waals surface area (Å²) in [7, 11) is 2.38. The number of likely N-dealkylation sites (tertiary alicyclic amines) is 1. The largest absolute Gasteiger partial charge is 0.337 e. The van der Waals surface area contributed by atoms with E-state index < -0.39 is 0 Å². The van der Waals surface area contributed by atoms with Gasteiger partial charge in [0.2, 0.25) is 5.91 Å². The van der Waals surface area contributed by atoms with E-state index in [-0.39, 0.29) is 0 Å². The van der Waals surface area contributed by atoms with Crippen molar-refractivity contribution in [1.29, 1.82) is 0 Å². The molecule has 4 heteroatoms. The van der Waals surface area contributed by atoms with Crippen molar-refractivity contribution >= 4 is 36.3 Å². The molecule has 1 saturated carbocycles. The Morgan fingerprint density at radius 3 is 2.72 bits per heavy atom. The quantitative estimate of drug-likeness (QED) is 0.400. The lowest BCUT2D eigenvalue weighted by molar-refractivity contribution is -0.130. The van der Waals surface area contributed by atoms with E-state index in [1.807, 2.05) is 0 Å². The third-order valence-electron chi connectivity index (χ3n) is 4.67. The van der Waals surface area contributed by atoms with E-state index in [1.54, 1.807) is 0 Å². The van der Waals surface area contributed by atoms with E-state index in [0.717, 1.165) is 6.42 Å². The van der Waals surface area contributed by atoms with Gasteiger partial charge in [-0.2, -0.15) is 0 Å². The highest BCUT2D eigenvalue weighted by atomic mass is 127. The summed E-state index contributed by atoms with van der Waals surface area (Å²) < 4.78 is 0.445. The van der Waals surface area contributed by atoms with Crippen molar-refractivity contribution in [3.8, 4) is 0 Å². The fraction of sp³-hybridized carbons (Fsp3) is 0.929. The summed E-state index contributed by atoms with van der Waals surface area (Å²) in [6.45, 7) is 4.32. The minimum Gasteiger partial charge on any atom is -0.337 e. The fourth-order valence-corrected chi connectivity index (χ4v) is 4.37. The number of halogens is 1. The highest BCUT2D eigenvalue weighted by Gasteiger charge is 2.41. The molecule has 0 aromatic heterocycles. The zero-order chi connectivity index (χ0) is 13.3. The second-order valence-corrected chi connectivity index (χ2v) is 9.23. The number of rotatable bonds is 1. The topological polar surface area (TPSA) is 20.3 Å². The molecule has 102 valence electrons. The maximum atomic E-state index is 12.2. The van der Waals surface area contributed by atoms with Gasteiger partial charge in [0, 0.05) is 18.5 Å². The molecule has 0 spiro atoms. The van der Waals surface area contributed by atoms with Crippen LogP contribution in [0.25, 0.3) is 0 Å². The van der Waals surface area contributed by atoms with Gasteiger partial charge in [-0.1, -0.05) is 35.4 Å². The summed E-state index contributed by atoms with van der Waals surface area (Å²) in [5, 5.41) is 0. The summed E-state index contributed by atoms with van der Waals surface area (Å²) in [4.78, 5) is 14.4. The molecule has 1 aliphatic carbocycles. The van der Waals surface area contributed by atoms with Gasteiger partial charge in [-0.3, -0.25) is 4.79 Å². The van der Waals surface area contributed by atoms with E-state index in [4.69, 9.17) is 0 Å². The number of fused-ring (bicyclic) bond motifs is 1. The van der Waals surface area contributed by atoms with Gasteiger partial charge in [-0.05, 0) is 48.8 Å². The molecule has 0 aromatic rings. The Balaban J connectivity index is 2.11. The van der Waals surface area contributed by atoms with Crippen molar-refractivity contribution in [2.75, 3.05) is 0 Å². The van der Waals surface area contributed by atoms with Crippen LogP contribution >= 0.6 is 22.6 Å². The third kappa shape index (κ3) is 3.23. The predicted octanol–water partition coefficient (Wildman–Crippen LogP) is 2.73. The van der Waals surface area contributed by atoms with Gasteiger partial charge in [0.05, 0.1) is 0 Å².